The third-order valence-corrected chi connectivity index (χ3v) is 15.2. The van der Waals surface area contributed by atoms with Gasteiger partial charge in [0.25, 0.3) is 0 Å². The molecule has 0 saturated carbocycles. The van der Waals surface area contributed by atoms with Crippen LogP contribution in [0.5, 0.6) is 0 Å². The minimum Gasteiger partial charge on any atom is -0.462 e. The summed E-state index contributed by atoms with van der Waals surface area (Å²) in [5, 5.41) is 9.86. The van der Waals surface area contributed by atoms with Crippen molar-refractivity contribution in [2.75, 3.05) is 26.4 Å². The summed E-state index contributed by atoms with van der Waals surface area (Å²) < 4.78 is 39.7. The molecule has 0 fully saturated rings. The van der Waals surface area contributed by atoms with Crippen LogP contribution in [0, 0.1) is 0 Å². The Morgan fingerprint density at radius 3 is 1.01 bits per heavy atom. The second-order valence-electron chi connectivity index (χ2n) is 22.2. The highest BCUT2D eigenvalue weighted by Crippen LogP contribution is 2.43. The van der Waals surface area contributed by atoms with Gasteiger partial charge in [0.05, 0.1) is 19.8 Å². The van der Waals surface area contributed by atoms with E-state index >= 15 is 0 Å². The van der Waals surface area contributed by atoms with E-state index in [4.69, 9.17) is 23.3 Å². The molecule has 12 heteroatoms. The summed E-state index contributed by atoms with van der Waals surface area (Å²) in [6.45, 7) is 4.52. The lowest BCUT2D eigenvalue weighted by atomic mass is 10.1. The monoisotopic (exact) mass is 1170 g/mol. The van der Waals surface area contributed by atoms with Crippen LogP contribution in [-0.4, -0.2) is 66.5 Å². The molecule has 0 heterocycles. The summed E-state index contributed by atoms with van der Waals surface area (Å²) in [5.74, 6) is -1.48. The number of ether oxygens (including phenoxy) is 3. The molecule has 2 N–H and O–H groups in total. The molecule has 0 saturated heterocycles. The van der Waals surface area contributed by atoms with Gasteiger partial charge in [-0.25, -0.2) is 4.57 Å². The number of hydrogen-bond donors (Lipinski definition) is 2. The van der Waals surface area contributed by atoms with Gasteiger partial charge in [0.1, 0.15) is 12.7 Å². The number of unbranched alkanes of at least 4 members (excludes halogenated alkanes) is 31. The fraction of sp³-hybridized carbons (Fsp3) is 0.757. The maximum absolute atomic E-state index is 13.0. The maximum Gasteiger partial charge on any atom is 0.472 e. The van der Waals surface area contributed by atoms with E-state index < -0.39 is 57.8 Å². The predicted molar refractivity (Wildman–Crippen MR) is 344 cm³/mol. The first-order valence-electron chi connectivity index (χ1n) is 33.5. The number of aliphatic hydroxyl groups is 1. The normalized spacial score (nSPS) is 13.8. The second-order valence-corrected chi connectivity index (χ2v) is 23.7. The van der Waals surface area contributed by atoms with Gasteiger partial charge in [-0.05, 0) is 116 Å². The van der Waals surface area contributed by atoms with Crippen molar-refractivity contribution in [2.45, 2.75) is 315 Å². The van der Waals surface area contributed by atoms with Crippen molar-refractivity contribution >= 4 is 25.7 Å². The molecule has 3 unspecified atom stereocenters. The first-order valence-corrected chi connectivity index (χ1v) is 35.0. The number of hydrogen-bond acceptors (Lipinski definition) is 10. The third kappa shape index (κ3) is 61.2. The molecule has 0 aliphatic rings. The van der Waals surface area contributed by atoms with Gasteiger partial charge in [-0.2, -0.15) is 0 Å². The average molecular weight is 1170 g/mol. The van der Waals surface area contributed by atoms with Crippen LogP contribution in [-0.2, 0) is 42.2 Å². The first-order chi connectivity index (χ1) is 40.2. The Kier molecular flexibility index (Phi) is 61.1. The Morgan fingerprint density at radius 1 is 0.354 bits per heavy atom. The molecule has 0 spiro atoms. The van der Waals surface area contributed by atoms with Crippen molar-refractivity contribution in [2.24, 2.45) is 0 Å². The number of phosphoric acid groups is 1. The molecule has 474 valence electrons. The van der Waals surface area contributed by atoms with Crippen molar-refractivity contribution in [3.63, 3.8) is 0 Å². The number of carbonyl (C=O) groups is 3. The highest BCUT2D eigenvalue weighted by atomic mass is 31.2. The summed E-state index contributed by atoms with van der Waals surface area (Å²) in [5.41, 5.74) is 0. The topological polar surface area (TPSA) is 155 Å². The zero-order valence-corrected chi connectivity index (χ0v) is 53.6. The molecule has 3 atom stereocenters. The average Bonchev–Trinajstić information content (AvgIpc) is 3.49. The maximum atomic E-state index is 13.0. The summed E-state index contributed by atoms with van der Waals surface area (Å²) in [6.07, 6.45) is 75.3. The van der Waals surface area contributed by atoms with E-state index in [1.165, 1.54) is 141 Å². The standard InChI is InChI=1S/C70H123O11P/c1-4-7-10-13-16-19-22-25-28-31-33-36-38-41-44-47-50-53-56-59-68(72)77-63-67(81-70(74)61-58-55-52-49-46-43-40-37-34-32-29-26-23-20-17-14-11-8-5-2)65-79-82(75,76)78-64-66(62-71)80-69(73)60-57-54-51-48-45-42-39-35-30-27-24-21-18-15-12-9-6-3/h9,12,17-18,20-21,25-30,39,42,66-67,71H,4-8,10-11,13-16,19,22-24,31-38,40-41,43-65H2,1-3H3,(H,75,76)/b12-9-,20-17-,21-18-,28-25-,29-26-,30-27-,42-39-. The molecule has 0 aliphatic heterocycles. The Balaban J connectivity index is 4.72. The molecular formula is C70H123O11P. The van der Waals surface area contributed by atoms with E-state index in [9.17, 15) is 28.9 Å². The first kappa shape index (κ1) is 78.7. The largest absolute Gasteiger partial charge is 0.472 e. The fourth-order valence-corrected chi connectivity index (χ4v) is 9.98. The van der Waals surface area contributed by atoms with Gasteiger partial charge in [0, 0.05) is 19.3 Å². The number of allylic oxidation sites excluding steroid dienone is 14. The minimum atomic E-state index is -4.77. The summed E-state index contributed by atoms with van der Waals surface area (Å²) >= 11 is 0. The number of rotatable bonds is 62. The lowest BCUT2D eigenvalue weighted by Gasteiger charge is -2.21. The van der Waals surface area contributed by atoms with Gasteiger partial charge < -0.3 is 24.2 Å². The lowest BCUT2D eigenvalue weighted by Crippen LogP contribution is -2.30. The van der Waals surface area contributed by atoms with Crippen LogP contribution in [0.1, 0.15) is 303 Å². The summed E-state index contributed by atoms with van der Waals surface area (Å²) in [4.78, 5) is 48.8. The Hall–Kier alpha value is -3.34. The van der Waals surface area contributed by atoms with Gasteiger partial charge in [0.2, 0.25) is 0 Å². The fourth-order valence-electron chi connectivity index (χ4n) is 9.20. The smallest absolute Gasteiger partial charge is 0.462 e. The lowest BCUT2D eigenvalue weighted by molar-refractivity contribution is -0.161. The second kappa shape index (κ2) is 63.7. The molecule has 0 amide bonds. The minimum absolute atomic E-state index is 0.147. The van der Waals surface area contributed by atoms with Crippen LogP contribution < -0.4 is 0 Å². The number of esters is 3. The highest BCUT2D eigenvalue weighted by molar-refractivity contribution is 7.47. The van der Waals surface area contributed by atoms with Crippen LogP contribution in [0.4, 0.5) is 0 Å². The van der Waals surface area contributed by atoms with Gasteiger partial charge >= 0.3 is 25.7 Å². The van der Waals surface area contributed by atoms with Crippen LogP contribution in [0.25, 0.3) is 0 Å². The molecule has 0 aromatic heterocycles. The van der Waals surface area contributed by atoms with Crippen molar-refractivity contribution < 1.29 is 52.2 Å². The molecule has 0 aromatic carbocycles. The van der Waals surface area contributed by atoms with E-state index in [0.717, 1.165) is 103 Å². The van der Waals surface area contributed by atoms with Crippen LogP contribution in [0.3, 0.4) is 0 Å². The third-order valence-electron chi connectivity index (χ3n) is 14.3. The van der Waals surface area contributed by atoms with E-state index in [1.807, 2.05) is 0 Å². The molecule has 11 nitrogen and oxygen atoms in total. The van der Waals surface area contributed by atoms with Crippen molar-refractivity contribution in [3.8, 4) is 0 Å². The van der Waals surface area contributed by atoms with Crippen LogP contribution >= 0.6 is 7.82 Å². The molecule has 0 aliphatic carbocycles. The molecule has 0 aromatic rings. The van der Waals surface area contributed by atoms with Crippen LogP contribution in [0.15, 0.2) is 85.1 Å². The number of phosphoric ester groups is 1. The Bertz CT molecular complexity index is 1700. The van der Waals surface area contributed by atoms with Crippen molar-refractivity contribution in [1.82, 2.24) is 0 Å². The van der Waals surface area contributed by atoms with Crippen molar-refractivity contribution in [1.29, 1.82) is 0 Å². The van der Waals surface area contributed by atoms with Gasteiger partial charge in [0.15, 0.2) is 6.10 Å². The molecule has 0 radical (unpaired) electrons. The number of aliphatic hydroxyl groups excluding tert-OH is 1. The highest BCUT2D eigenvalue weighted by Gasteiger charge is 2.28. The van der Waals surface area contributed by atoms with Crippen molar-refractivity contribution in [3.05, 3.63) is 85.1 Å². The van der Waals surface area contributed by atoms with E-state index in [0.29, 0.717) is 19.3 Å². The van der Waals surface area contributed by atoms with E-state index in [-0.39, 0.29) is 25.9 Å². The summed E-state index contributed by atoms with van der Waals surface area (Å²) in [6, 6.07) is 0. The Morgan fingerprint density at radius 2 is 0.634 bits per heavy atom. The SMILES string of the molecule is CC/C=C\C/C=C\C/C=C\C/C=C\CCCCCCC(=O)OC(CO)COP(=O)(O)OCC(COC(=O)CCCCCCCCCCC/C=C\CCCCCCCC)OC(=O)CCCCCCCCCCC/C=C\C/C=C\CCCCC. The van der Waals surface area contributed by atoms with Gasteiger partial charge in [-0.1, -0.05) is 254 Å². The number of carbonyl (C=O) groups excluding carboxylic acids is 3. The van der Waals surface area contributed by atoms with Crippen LogP contribution in [0.2, 0.25) is 0 Å². The molecule has 0 rings (SSSR count). The summed E-state index contributed by atoms with van der Waals surface area (Å²) in [7, 11) is -4.77. The molecule has 0 bridgehead atoms. The van der Waals surface area contributed by atoms with Gasteiger partial charge in [-0.15, -0.1) is 0 Å². The zero-order valence-electron chi connectivity index (χ0n) is 52.7. The molecule has 82 heavy (non-hydrogen) atoms. The van der Waals surface area contributed by atoms with E-state index in [1.54, 1.807) is 0 Å². The quantitative estimate of drug-likeness (QED) is 0.0197. The van der Waals surface area contributed by atoms with E-state index in [2.05, 4.69) is 106 Å². The molecular weight excluding hydrogens is 1050 g/mol. The zero-order chi connectivity index (χ0) is 59.8. The van der Waals surface area contributed by atoms with Gasteiger partial charge in [-0.3, -0.25) is 23.4 Å². The predicted octanol–water partition coefficient (Wildman–Crippen LogP) is 20.6. The Labute approximate surface area is 502 Å².